The molecule has 2 saturated heterocycles. The van der Waals surface area contributed by atoms with Crippen LogP contribution in [0, 0.1) is 0 Å². The van der Waals surface area contributed by atoms with Crippen LogP contribution >= 0.6 is 0 Å². The molecule has 3 aromatic rings. The molecule has 2 fully saturated rings. The van der Waals surface area contributed by atoms with Crippen molar-refractivity contribution in [2.45, 2.75) is 32.1 Å². The minimum atomic E-state index is -0.235. The van der Waals surface area contributed by atoms with E-state index in [-0.39, 0.29) is 11.8 Å². The topological polar surface area (TPSA) is 78.4 Å². The molecule has 1 N–H and O–H groups in total. The largest absolute Gasteiger partial charge is 0.354 e. The van der Waals surface area contributed by atoms with E-state index in [4.69, 9.17) is 9.97 Å². The van der Waals surface area contributed by atoms with Crippen molar-refractivity contribution in [2.75, 3.05) is 34.8 Å². The molecule has 7 heteroatoms. The van der Waals surface area contributed by atoms with Gasteiger partial charge in [-0.05, 0) is 62.1 Å². The number of nitrogens with one attached hydrogen (secondary N) is 1. The van der Waals surface area contributed by atoms with Gasteiger partial charge >= 0.3 is 0 Å². The molecule has 0 radical (unpaired) electrons. The summed E-state index contributed by atoms with van der Waals surface area (Å²) in [6.45, 7) is 2.55. The average Bonchev–Trinajstić information content (AvgIpc) is 3.34. The molecule has 31 heavy (non-hydrogen) atoms. The molecule has 0 atom stereocenters. The molecule has 0 saturated carbocycles. The van der Waals surface area contributed by atoms with E-state index in [1.165, 1.54) is 0 Å². The maximum absolute atomic E-state index is 13.0. The van der Waals surface area contributed by atoms with Gasteiger partial charge in [0.05, 0.1) is 11.0 Å². The smallest absolute Gasteiger partial charge is 0.256 e. The van der Waals surface area contributed by atoms with E-state index in [0.717, 1.165) is 67.9 Å². The van der Waals surface area contributed by atoms with E-state index in [1.54, 1.807) is 17.0 Å². The lowest BCUT2D eigenvalue weighted by molar-refractivity contribution is -0.119. The number of carbonyl (C=O) groups is 2. The Kier molecular flexibility index (Phi) is 5.24. The molecule has 2 aliphatic heterocycles. The first-order valence-electron chi connectivity index (χ1n) is 10.9. The fourth-order valence-electron chi connectivity index (χ4n) is 4.28. The van der Waals surface area contributed by atoms with E-state index in [9.17, 15) is 9.59 Å². The van der Waals surface area contributed by atoms with E-state index in [0.29, 0.717) is 17.8 Å². The van der Waals surface area contributed by atoms with Gasteiger partial charge in [-0.25, -0.2) is 9.97 Å². The summed E-state index contributed by atoms with van der Waals surface area (Å²) in [4.78, 5) is 38.6. The van der Waals surface area contributed by atoms with E-state index in [2.05, 4.69) is 10.2 Å². The van der Waals surface area contributed by atoms with Gasteiger partial charge in [0.2, 0.25) is 5.91 Å². The summed E-state index contributed by atoms with van der Waals surface area (Å²) in [6.07, 6.45) is 4.76. The third-order valence-corrected chi connectivity index (χ3v) is 5.95. The highest BCUT2D eigenvalue weighted by Gasteiger charge is 2.22. The second-order valence-electron chi connectivity index (χ2n) is 8.08. The number of fused-ring (bicyclic) bond motifs is 1. The molecule has 3 heterocycles. The standard InChI is InChI=1S/C24H25N5O2/c30-21-9-3-4-16-29(21)18-12-10-17(11-13-18)24(31)27-22-23(28-14-5-6-15-28)26-20-8-2-1-7-19(20)25-22/h1-2,7-8,10-13H,3-6,9,14-16H2,(H,25,27,31). The Morgan fingerprint density at radius 2 is 1.52 bits per heavy atom. The van der Waals surface area contributed by atoms with Crippen molar-refractivity contribution in [3.8, 4) is 0 Å². The Morgan fingerprint density at radius 3 is 2.23 bits per heavy atom. The number of para-hydroxylation sites is 2. The Hall–Kier alpha value is -3.48. The maximum Gasteiger partial charge on any atom is 0.256 e. The van der Waals surface area contributed by atoms with Crippen LogP contribution in [-0.4, -0.2) is 41.4 Å². The molecule has 0 aliphatic carbocycles. The molecule has 2 aromatic carbocycles. The first-order valence-corrected chi connectivity index (χ1v) is 10.9. The zero-order valence-corrected chi connectivity index (χ0v) is 17.4. The third kappa shape index (κ3) is 3.95. The number of amides is 2. The highest BCUT2D eigenvalue weighted by Crippen LogP contribution is 2.28. The minimum Gasteiger partial charge on any atom is -0.354 e. The van der Waals surface area contributed by atoms with Crippen molar-refractivity contribution >= 4 is 40.2 Å². The van der Waals surface area contributed by atoms with E-state index < -0.39 is 0 Å². The average molecular weight is 415 g/mol. The lowest BCUT2D eigenvalue weighted by Gasteiger charge is -2.26. The van der Waals surface area contributed by atoms with Crippen LogP contribution in [0.15, 0.2) is 48.5 Å². The Balaban J connectivity index is 1.40. The second kappa shape index (κ2) is 8.34. The second-order valence-corrected chi connectivity index (χ2v) is 8.08. The van der Waals surface area contributed by atoms with Crippen LogP contribution in [0.4, 0.5) is 17.3 Å². The monoisotopic (exact) mass is 415 g/mol. The highest BCUT2D eigenvalue weighted by molar-refractivity contribution is 6.06. The molecule has 0 spiro atoms. The zero-order valence-electron chi connectivity index (χ0n) is 17.4. The summed E-state index contributed by atoms with van der Waals surface area (Å²) in [5.41, 5.74) is 2.93. The lowest BCUT2D eigenvalue weighted by Crippen LogP contribution is -2.35. The number of piperidine rings is 1. The molecule has 158 valence electrons. The van der Waals surface area contributed by atoms with Crippen molar-refractivity contribution in [1.82, 2.24) is 9.97 Å². The minimum absolute atomic E-state index is 0.144. The van der Waals surface area contributed by atoms with Crippen LogP contribution in [0.2, 0.25) is 0 Å². The first-order chi connectivity index (χ1) is 15.2. The van der Waals surface area contributed by atoms with Gasteiger partial charge in [-0.1, -0.05) is 12.1 Å². The normalized spacial score (nSPS) is 16.7. The summed E-state index contributed by atoms with van der Waals surface area (Å²) in [7, 11) is 0. The summed E-state index contributed by atoms with van der Waals surface area (Å²) < 4.78 is 0. The summed E-state index contributed by atoms with van der Waals surface area (Å²) in [6, 6.07) is 14.9. The van der Waals surface area contributed by atoms with Crippen LogP contribution in [0.25, 0.3) is 11.0 Å². The van der Waals surface area contributed by atoms with Crippen LogP contribution in [-0.2, 0) is 4.79 Å². The fraction of sp³-hybridized carbons (Fsp3) is 0.333. The number of nitrogens with zero attached hydrogens (tertiary/aromatic N) is 4. The number of carbonyl (C=O) groups excluding carboxylic acids is 2. The molecular weight excluding hydrogens is 390 g/mol. The number of anilines is 3. The van der Waals surface area contributed by atoms with Gasteiger partial charge in [-0.2, -0.15) is 0 Å². The molecule has 0 bridgehead atoms. The molecule has 0 unspecified atom stereocenters. The molecule has 2 aliphatic rings. The van der Waals surface area contributed by atoms with Crippen molar-refractivity contribution in [3.63, 3.8) is 0 Å². The number of hydrogen-bond acceptors (Lipinski definition) is 5. The summed E-state index contributed by atoms with van der Waals surface area (Å²) in [5.74, 6) is 1.12. The Bertz CT molecular complexity index is 1120. The zero-order chi connectivity index (χ0) is 21.2. The maximum atomic E-state index is 13.0. The van der Waals surface area contributed by atoms with Gasteiger partial charge in [-0.15, -0.1) is 0 Å². The SMILES string of the molecule is O=C(Nc1nc2ccccc2nc1N1CCCC1)c1ccc(N2CCCCC2=O)cc1. The van der Waals surface area contributed by atoms with Gasteiger partial charge in [0.15, 0.2) is 11.6 Å². The van der Waals surface area contributed by atoms with Crippen molar-refractivity contribution in [2.24, 2.45) is 0 Å². The number of rotatable bonds is 4. The summed E-state index contributed by atoms with van der Waals surface area (Å²) >= 11 is 0. The van der Waals surface area contributed by atoms with Gasteiger partial charge in [0.1, 0.15) is 0 Å². The lowest BCUT2D eigenvalue weighted by atomic mass is 10.1. The molecular formula is C24H25N5O2. The van der Waals surface area contributed by atoms with Crippen LogP contribution in [0.3, 0.4) is 0 Å². The predicted octanol–water partition coefficient (Wildman–Crippen LogP) is 4.00. The van der Waals surface area contributed by atoms with Gasteiger partial charge < -0.3 is 15.1 Å². The number of benzene rings is 2. The molecule has 2 amide bonds. The Morgan fingerprint density at radius 1 is 0.839 bits per heavy atom. The van der Waals surface area contributed by atoms with E-state index >= 15 is 0 Å². The van der Waals surface area contributed by atoms with Crippen LogP contribution < -0.4 is 15.1 Å². The molecule has 7 nitrogen and oxygen atoms in total. The van der Waals surface area contributed by atoms with Crippen molar-refractivity contribution in [3.05, 3.63) is 54.1 Å². The number of aromatic nitrogens is 2. The first kappa shape index (κ1) is 19.5. The van der Waals surface area contributed by atoms with Crippen molar-refractivity contribution < 1.29 is 9.59 Å². The van der Waals surface area contributed by atoms with Gasteiger partial charge in [-0.3, -0.25) is 9.59 Å². The predicted molar refractivity (Wildman–Crippen MR) is 122 cm³/mol. The summed E-state index contributed by atoms with van der Waals surface area (Å²) in [5, 5.41) is 2.97. The Labute approximate surface area is 181 Å². The molecule has 1 aromatic heterocycles. The van der Waals surface area contributed by atoms with Crippen LogP contribution in [0.5, 0.6) is 0 Å². The van der Waals surface area contributed by atoms with Gasteiger partial charge in [0.25, 0.3) is 5.91 Å². The fourth-order valence-corrected chi connectivity index (χ4v) is 4.28. The van der Waals surface area contributed by atoms with Crippen molar-refractivity contribution in [1.29, 1.82) is 0 Å². The van der Waals surface area contributed by atoms with E-state index in [1.807, 2.05) is 36.4 Å². The quantitative estimate of drug-likeness (QED) is 0.697. The number of hydrogen-bond donors (Lipinski definition) is 1. The van der Waals surface area contributed by atoms with Gasteiger partial charge in [0, 0.05) is 37.3 Å². The van der Waals surface area contributed by atoms with Crippen LogP contribution in [0.1, 0.15) is 42.5 Å². The molecule has 5 rings (SSSR count). The highest BCUT2D eigenvalue weighted by atomic mass is 16.2. The third-order valence-electron chi connectivity index (χ3n) is 5.95.